The summed E-state index contributed by atoms with van der Waals surface area (Å²) < 4.78 is 33.3. The molecule has 1 heterocycles. The average Bonchev–Trinajstić information content (AvgIpc) is 2.67. The maximum atomic E-state index is 12.1. The minimum Gasteiger partial charge on any atom is -0.451 e. The summed E-state index contributed by atoms with van der Waals surface area (Å²) in [4.78, 5) is 28.1. The van der Waals surface area contributed by atoms with E-state index in [9.17, 15) is 18.4 Å². The van der Waals surface area contributed by atoms with Crippen molar-refractivity contribution in [2.75, 3.05) is 11.9 Å². The molecule has 0 saturated carbocycles. The third kappa shape index (κ3) is 4.97. The fourth-order valence-corrected chi connectivity index (χ4v) is 2.30. The number of benzene rings is 2. The first-order valence-electron chi connectivity index (χ1n) is 7.89. The monoisotopic (exact) mass is 372 g/mol. The highest BCUT2D eigenvalue weighted by Gasteiger charge is 2.12. The molecule has 0 radical (unpaired) electrons. The number of aromatic nitrogens is 1. The molecule has 0 aliphatic rings. The predicted octanol–water partition coefficient (Wildman–Crippen LogP) is 3.63. The molecule has 0 fully saturated rings. The van der Waals surface area contributed by atoms with Crippen LogP contribution in [0.25, 0.3) is 10.9 Å². The van der Waals surface area contributed by atoms with Crippen LogP contribution in [0, 0.1) is 0 Å². The molecule has 1 aromatic heterocycles. The molecule has 1 amide bonds. The summed E-state index contributed by atoms with van der Waals surface area (Å²) in [6.45, 7) is -3.43. The molecule has 0 saturated heterocycles. The van der Waals surface area contributed by atoms with Crippen molar-refractivity contribution >= 4 is 28.5 Å². The topological polar surface area (TPSA) is 77.5 Å². The summed E-state index contributed by atoms with van der Waals surface area (Å²) in [5.41, 5.74) is 1.08. The van der Waals surface area contributed by atoms with Crippen LogP contribution in [0.4, 0.5) is 14.5 Å². The zero-order chi connectivity index (χ0) is 19.2. The highest BCUT2D eigenvalue weighted by Crippen LogP contribution is 2.17. The van der Waals surface area contributed by atoms with Gasteiger partial charge in [-0.15, -0.1) is 0 Å². The summed E-state index contributed by atoms with van der Waals surface area (Å²) in [7, 11) is 0. The van der Waals surface area contributed by atoms with Gasteiger partial charge in [-0.25, -0.2) is 9.78 Å². The number of carbonyl (C=O) groups excluding carboxylic acids is 2. The van der Waals surface area contributed by atoms with E-state index in [1.54, 1.807) is 18.2 Å². The van der Waals surface area contributed by atoms with Crippen molar-refractivity contribution in [3.8, 4) is 5.75 Å². The Morgan fingerprint density at radius 3 is 2.48 bits per heavy atom. The molecule has 1 N–H and O–H groups in total. The Bertz CT molecular complexity index is 961. The molecule has 8 heteroatoms. The largest absolute Gasteiger partial charge is 0.451 e. The third-order valence-electron chi connectivity index (χ3n) is 3.51. The second-order valence-electron chi connectivity index (χ2n) is 5.42. The number of hydrogen-bond acceptors (Lipinski definition) is 5. The maximum Gasteiger partial charge on any atom is 0.387 e. The van der Waals surface area contributed by atoms with Gasteiger partial charge >= 0.3 is 12.6 Å². The molecule has 0 aliphatic carbocycles. The number of ether oxygens (including phenoxy) is 2. The number of rotatable bonds is 6. The third-order valence-corrected chi connectivity index (χ3v) is 3.51. The Morgan fingerprint density at radius 1 is 1.00 bits per heavy atom. The van der Waals surface area contributed by atoms with Crippen LogP contribution in [-0.2, 0) is 9.53 Å². The SMILES string of the molecule is O=C(COC(=O)c1ccc2ccccc2n1)Nc1ccc(OC(F)F)cc1. The summed E-state index contributed by atoms with van der Waals surface area (Å²) >= 11 is 0. The first kappa shape index (κ1) is 18.2. The molecule has 0 bridgehead atoms. The number of pyridine rings is 1. The van der Waals surface area contributed by atoms with E-state index in [0.29, 0.717) is 11.2 Å². The molecule has 0 unspecified atom stereocenters. The van der Waals surface area contributed by atoms with Crippen LogP contribution in [0.15, 0.2) is 60.7 Å². The Labute approximate surface area is 152 Å². The first-order valence-corrected chi connectivity index (χ1v) is 7.89. The van der Waals surface area contributed by atoms with Crippen LogP contribution >= 0.6 is 0 Å². The minimum atomic E-state index is -2.92. The molecule has 0 atom stereocenters. The zero-order valence-electron chi connectivity index (χ0n) is 13.9. The van der Waals surface area contributed by atoms with Crippen LogP contribution in [-0.4, -0.2) is 30.1 Å². The van der Waals surface area contributed by atoms with Gasteiger partial charge in [0.25, 0.3) is 5.91 Å². The Hall–Kier alpha value is -3.55. The van der Waals surface area contributed by atoms with E-state index in [1.807, 2.05) is 12.1 Å². The lowest BCUT2D eigenvalue weighted by Crippen LogP contribution is -2.21. The fourth-order valence-electron chi connectivity index (χ4n) is 2.30. The number of nitrogens with zero attached hydrogens (tertiary/aromatic N) is 1. The Kier molecular flexibility index (Phi) is 5.55. The van der Waals surface area contributed by atoms with E-state index in [4.69, 9.17) is 4.74 Å². The molecule has 3 aromatic rings. The molecule has 0 spiro atoms. The molecule has 0 aliphatic heterocycles. The lowest BCUT2D eigenvalue weighted by molar-refractivity contribution is -0.119. The van der Waals surface area contributed by atoms with Gasteiger partial charge in [0, 0.05) is 11.1 Å². The van der Waals surface area contributed by atoms with Crippen molar-refractivity contribution in [2.24, 2.45) is 0 Å². The van der Waals surface area contributed by atoms with Crippen LogP contribution in [0.5, 0.6) is 5.75 Å². The highest BCUT2D eigenvalue weighted by molar-refractivity contribution is 5.95. The van der Waals surface area contributed by atoms with Gasteiger partial charge in [0.1, 0.15) is 11.4 Å². The van der Waals surface area contributed by atoms with Crippen molar-refractivity contribution in [3.63, 3.8) is 0 Å². The maximum absolute atomic E-state index is 12.1. The summed E-state index contributed by atoms with van der Waals surface area (Å²) in [5.74, 6) is -1.33. The van der Waals surface area contributed by atoms with E-state index in [2.05, 4.69) is 15.0 Å². The second-order valence-corrected chi connectivity index (χ2v) is 5.42. The van der Waals surface area contributed by atoms with E-state index in [0.717, 1.165) is 5.39 Å². The van der Waals surface area contributed by atoms with E-state index in [-0.39, 0.29) is 11.4 Å². The highest BCUT2D eigenvalue weighted by atomic mass is 19.3. The van der Waals surface area contributed by atoms with E-state index in [1.165, 1.54) is 30.3 Å². The molecule has 27 heavy (non-hydrogen) atoms. The van der Waals surface area contributed by atoms with E-state index < -0.39 is 25.1 Å². The van der Waals surface area contributed by atoms with Gasteiger partial charge in [0.05, 0.1) is 5.52 Å². The van der Waals surface area contributed by atoms with Gasteiger partial charge in [-0.05, 0) is 36.4 Å². The second kappa shape index (κ2) is 8.22. The number of amides is 1. The van der Waals surface area contributed by atoms with Crippen molar-refractivity contribution in [2.45, 2.75) is 6.61 Å². The number of carbonyl (C=O) groups is 2. The number of halogens is 2. The zero-order valence-corrected chi connectivity index (χ0v) is 13.9. The fraction of sp³-hybridized carbons (Fsp3) is 0.105. The van der Waals surface area contributed by atoms with Crippen molar-refractivity contribution in [1.29, 1.82) is 0 Å². The summed E-state index contributed by atoms with van der Waals surface area (Å²) in [6, 6.07) is 15.9. The minimum absolute atomic E-state index is 0.0307. The molecular formula is C19H14F2N2O4. The first-order chi connectivity index (χ1) is 13.0. The van der Waals surface area contributed by atoms with Crippen LogP contribution < -0.4 is 10.1 Å². The summed E-state index contributed by atoms with van der Waals surface area (Å²) in [6.07, 6.45) is 0. The van der Waals surface area contributed by atoms with Gasteiger partial charge in [0.15, 0.2) is 6.61 Å². The molecular weight excluding hydrogens is 358 g/mol. The van der Waals surface area contributed by atoms with Gasteiger partial charge in [-0.3, -0.25) is 4.79 Å². The number of alkyl halides is 2. The smallest absolute Gasteiger partial charge is 0.387 e. The van der Waals surface area contributed by atoms with Crippen molar-refractivity contribution in [1.82, 2.24) is 4.98 Å². The van der Waals surface area contributed by atoms with Crippen molar-refractivity contribution in [3.05, 3.63) is 66.4 Å². The normalized spacial score (nSPS) is 10.6. The lowest BCUT2D eigenvalue weighted by Gasteiger charge is -2.08. The Balaban J connectivity index is 1.54. The van der Waals surface area contributed by atoms with Gasteiger partial charge in [0.2, 0.25) is 0 Å². The summed E-state index contributed by atoms with van der Waals surface area (Å²) in [5, 5.41) is 3.36. The van der Waals surface area contributed by atoms with Gasteiger partial charge in [-0.1, -0.05) is 24.3 Å². The lowest BCUT2D eigenvalue weighted by atomic mass is 10.2. The number of para-hydroxylation sites is 1. The van der Waals surface area contributed by atoms with Crippen LogP contribution in [0.2, 0.25) is 0 Å². The number of anilines is 1. The number of fused-ring (bicyclic) bond motifs is 1. The molecule has 3 rings (SSSR count). The number of hydrogen-bond donors (Lipinski definition) is 1. The average molecular weight is 372 g/mol. The Morgan fingerprint density at radius 2 is 1.74 bits per heavy atom. The standard InChI is InChI=1S/C19H14F2N2O4/c20-19(21)27-14-8-6-13(7-9-14)22-17(24)11-26-18(25)16-10-5-12-3-1-2-4-15(12)23-16/h1-10,19H,11H2,(H,22,24). The van der Waals surface area contributed by atoms with Crippen molar-refractivity contribution < 1.29 is 27.8 Å². The predicted molar refractivity (Wildman–Crippen MR) is 93.7 cm³/mol. The van der Waals surface area contributed by atoms with Crippen LogP contribution in [0.1, 0.15) is 10.5 Å². The van der Waals surface area contributed by atoms with Gasteiger partial charge < -0.3 is 14.8 Å². The quantitative estimate of drug-likeness (QED) is 0.669. The molecule has 138 valence electrons. The van der Waals surface area contributed by atoms with Gasteiger partial charge in [-0.2, -0.15) is 8.78 Å². The molecule has 6 nitrogen and oxygen atoms in total. The van der Waals surface area contributed by atoms with Crippen LogP contribution in [0.3, 0.4) is 0 Å². The number of esters is 1. The number of nitrogens with one attached hydrogen (secondary N) is 1. The molecule has 2 aromatic carbocycles. The van der Waals surface area contributed by atoms with E-state index >= 15 is 0 Å².